The molecule has 1 N–H and O–H groups in total. The van der Waals surface area contributed by atoms with Crippen LogP contribution < -0.4 is 5.32 Å². The largest absolute Gasteiger partial charge is 0.381 e. The Morgan fingerprint density at radius 1 is 1.10 bits per heavy atom. The van der Waals surface area contributed by atoms with Gasteiger partial charge in [-0.25, -0.2) is 0 Å². The molecule has 0 spiro atoms. The molecule has 1 aliphatic heterocycles. The first-order chi connectivity index (χ1) is 10.3. The highest BCUT2D eigenvalue weighted by molar-refractivity contribution is 8.04. The van der Waals surface area contributed by atoms with Crippen LogP contribution in [0.25, 0.3) is 6.08 Å². The van der Waals surface area contributed by atoms with Crippen LogP contribution in [0.5, 0.6) is 0 Å². The Balaban J connectivity index is 1.94. The van der Waals surface area contributed by atoms with Crippen LogP contribution in [0.4, 0.5) is 5.69 Å². The second-order valence-electron chi connectivity index (χ2n) is 4.69. The lowest BCUT2D eigenvalue weighted by Crippen LogP contribution is -2.00. The monoisotopic (exact) mass is 293 g/mol. The van der Waals surface area contributed by atoms with Gasteiger partial charge in [0.2, 0.25) is 5.78 Å². The lowest BCUT2D eigenvalue weighted by molar-refractivity contribution is 0.104. The first-order valence-electron chi connectivity index (χ1n) is 6.76. The lowest BCUT2D eigenvalue weighted by atomic mass is 10.1. The van der Waals surface area contributed by atoms with Gasteiger partial charge in [-0.15, -0.1) is 6.58 Å². The average molecular weight is 293 g/mol. The number of para-hydroxylation sites is 1. The summed E-state index contributed by atoms with van der Waals surface area (Å²) in [5.74, 6) is 0.106. The molecule has 21 heavy (non-hydrogen) atoms. The van der Waals surface area contributed by atoms with E-state index >= 15 is 0 Å². The van der Waals surface area contributed by atoms with E-state index in [1.165, 1.54) is 11.8 Å². The number of carbonyl (C=O) groups excluding carboxylic acids is 1. The van der Waals surface area contributed by atoms with Crippen LogP contribution in [0.1, 0.15) is 15.9 Å². The third-order valence-electron chi connectivity index (χ3n) is 3.26. The number of rotatable bonds is 4. The Morgan fingerprint density at radius 2 is 1.86 bits per heavy atom. The maximum Gasteiger partial charge on any atom is 0.200 e. The molecule has 2 nitrogen and oxygen atoms in total. The Bertz CT molecular complexity index is 734. The zero-order chi connectivity index (χ0) is 14.7. The van der Waals surface area contributed by atoms with Gasteiger partial charge in [0.1, 0.15) is 0 Å². The van der Waals surface area contributed by atoms with Crippen molar-refractivity contribution in [3.8, 4) is 0 Å². The summed E-state index contributed by atoms with van der Waals surface area (Å²) in [6.45, 7) is 4.41. The van der Waals surface area contributed by atoms with Crippen molar-refractivity contribution in [2.75, 3.05) is 11.9 Å². The van der Waals surface area contributed by atoms with Crippen molar-refractivity contribution in [1.82, 2.24) is 0 Å². The second kappa shape index (κ2) is 6.02. The predicted octanol–water partition coefficient (Wildman–Crippen LogP) is 4.61. The number of Topliss-reactive ketones (excluding diaryl/α,β-unsaturated/α-hetero) is 1. The summed E-state index contributed by atoms with van der Waals surface area (Å²) in [7, 11) is 0. The number of allylic oxidation sites excluding steroid dienone is 1. The standard InChI is InChI=1S/C18H15NOS/c1-2-11-19-15-9-5-3-7-13(15)12-17-18(20)14-8-4-6-10-16(14)21-17/h2-10,12,19H,1,11H2. The van der Waals surface area contributed by atoms with Gasteiger partial charge in [0.05, 0.1) is 4.91 Å². The number of nitrogens with one attached hydrogen (secondary N) is 1. The molecule has 1 heterocycles. The van der Waals surface area contributed by atoms with E-state index in [0.29, 0.717) is 6.54 Å². The highest BCUT2D eigenvalue weighted by Gasteiger charge is 2.25. The van der Waals surface area contributed by atoms with Gasteiger partial charge in [0, 0.05) is 22.7 Å². The number of hydrogen-bond donors (Lipinski definition) is 1. The minimum Gasteiger partial charge on any atom is -0.381 e. The first kappa shape index (κ1) is 13.7. The van der Waals surface area contributed by atoms with Gasteiger partial charge < -0.3 is 5.32 Å². The van der Waals surface area contributed by atoms with Gasteiger partial charge in [-0.3, -0.25) is 4.79 Å². The van der Waals surface area contributed by atoms with Crippen LogP contribution in [0.3, 0.4) is 0 Å². The fraction of sp³-hybridized carbons (Fsp3) is 0.0556. The van der Waals surface area contributed by atoms with Crippen molar-refractivity contribution >= 4 is 29.3 Å². The topological polar surface area (TPSA) is 29.1 Å². The van der Waals surface area contributed by atoms with Crippen molar-refractivity contribution in [1.29, 1.82) is 0 Å². The molecule has 1 aliphatic rings. The summed E-state index contributed by atoms with van der Waals surface area (Å²) >= 11 is 1.54. The van der Waals surface area contributed by atoms with E-state index in [4.69, 9.17) is 0 Å². The SMILES string of the molecule is C=CCNc1ccccc1C=C1Sc2ccccc2C1=O. The fourth-order valence-corrected chi connectivity index (χ4v) is 3.29. The number of thioether (sulfide) groups is 1. The number of anilines is 1. The van der Waals surface area contributed by atoms with Crippen LogP contribution in [-0.2, 0) is 0 Å². The molecule has 2 aromatic carbocycles. The number of benzene rings is 2. The quantitative estimate of drug-likeness (QED) is 0.659. The first-order valence-corrected chi connectivity index (χ1v) is 7.58. The van der Waals surface area contributed by atoms with Crippen LogP contribution in [0.2, 0.25) is 0 Å². The van der Waals surface area contributed by atoms with E-state index in [1.807, 2.05) is 60.7 Å². The van der Waals surface area contributed by atoms with Crippen molar-refractivity contribution in [2.24, 2.45) is 0 Å². The second-order valence-corrected chi connectivity index (χ2v) is 5.78. The molecule has 0 unspecified atom stereocenters. The lowest BCUT2D eigenvalue weighted by Gasteiger charge is -2.07. The van der Waals surface area contributed by atoms with Crippen molar-refractivity contribution in [2.45, 2.75) is 4.90 Å². The molecule has 0 atom stereocenters. The fourth-order valence-electron chi connectivity index (χ4n) is 2.24. The Hall–Kier alpha value is -2.26. The molecule has 0 saturated heterocycles. The molecule has 0 radical (unpaired) electrons. The molecular formula is C18H15NOS. The minimum atomic E-state index is 0.106. The van der Waals surface area contributed by atoms with E-state index in [-0.39, 0.29) is 5.78 Å². The summed E-state index contributed by atoms with van der Waals surface area (Å²) < 4.78 is 0. The molecule has 104 valence electrons. The molecule has 3 heteroatoms. The smallest absolute Gasteiger partial charge is 0.200 e. The van der Waals surface area contributed by atoms with Gasteiger partial charge in [0.15, 0.2) is 0 Å². The molecule has 0 saturated carbocycles. The van der Waals surface area contributed by atoms with Crippen LogP contribution >= 0.6 is 11.8 Å². The van der Waals surface area contributed by atoms with E-state index in [1.54, 1.807) is 0 Å². The molecule has 0 bridgehead atoms. The van der Waals surface area contributed by atoms with Gasteiger partial charge in [-0.2, -0.15) is 0 Å². The van der Waals surface area contributed by atoms with Gasteiger partial charge in [0.25, 0.3) is 0 Å². The molecule has 3 rings (SSSR count). The number of fused-ring (bicyclic) bond motifs is 1. The summed E-state index contributed by atoms with van der Waals surface area (Å²) in [6, 6.07) is 15.7. The molecule has 0 aromatic heterocycles. The van der Waals surface area contributed by atoms with Crippen LogP contribution in [-0.4, -0.2) is 12.3 Å². The van der Waals surface area contributed by atoms with E-state index in [0.717, 1.165) is 26.6 Å². The van der Waals surface area contributed by atoms with E-state index < -0.39 is 0 Å². The zero-order valence-electron chi connectivity index (χ0n) is 11.5. The highest BCUT2D eigenvalue weighted by Crippen LogP contribution is 2.41. The van der Waals surface area contributed by atoms with Crippen LogP contribution in [0.15, 0.2) is 71.0 Å². The number of hydrogen-bond acceptors (Lipinski definition) is 3. The van der Waals surface area contributed by atoms with E-state index in [9.17, 15) is 4.79 Å². The molecule has 2 aromatic rings. The van der Waals surface area contributed by atoms with Gasteiger partial charge in [-0.1, -0.05) is 48.2 Å². The Labute approximate surface area is 128 Å². The third-order valence-corrected chi connectivity index (χ3v) is 4.36. The van der Waals surface area contributed by atoms with E-state index in [2.05, 4.69) is 11.9 Å². The Morgan fingerprint density at radius 3 is 2.67 bits per heavy atom. The van der Waals surface area contributed by atoms with Crippen molar-refractivity contribution in [3.63, 3.8) is 0 Å². The summed E-state index contributed by atoms with van der Waals surface area (Å²) in [5, 5.41) is 3.29. The minimum absolute atomic E-state index is 0.106. The third kappa shape index (κ3) is 2.78. The molecule has 0 aliphatic carbocycles. The number of carbonyl (C=O) groups is 1. The van der Waals surface area contributed by atoms with Gasteiger partial charge >= 0.3 is 0 Å². The highest BCUT2D eigenvalue weighted by atomic mass is 32.2. The summed E-state index contributed by atoms with van der Waals surface area (Å²) in [5.41, 5.74) is 2.82. The summed E-state index contributed by atoms with van der Waals surface area (Å²) in [6.07, 6.45) is 3.77. The number of ketones is 1. The normalized spacial score (nSPS) is 15.0. The van der Waals surface area contributed by atoms with Crippen molar-refractivity contribution < 1.29 is 4.79 Å². The van der Waals surface area contributed by atoms with Crippen LogP contribution in [0, 0.1) is 0 Å². The van der Waals surface area contributed by atoms with Gasteiger partial charge in [-0.05, 0) is 29.8 Å². The maximum atomic E-state index is 12.4. The zero-order valence-corrected chi connectivity index (χ0v) is 12.3. The van der Waals surface area contributed by atoms with Crippen molar-refractivity contribution in [3.05, 3.63) is 77.2 Å². The predicted molar refractivity (Wildman–Crippen MR) is 89.7 cm³/mol. The maximum absolute atomic E-state index is 12.4. The molecule has 0 amide bonds. The molecular weight excluding hydrogens is 278 g/mol. The summed E-state index contributed by atoms with van der Waals surface area (Å²) in [4.78, 5) is 14.2. The average Bonchev–Trinajstić information content (AvgIpc) is 2.83. The Kier molecular flexibility index (Phi) is 3.93. The molecule has 0 fully saturated rings.